The SMILES string of the molecule is N#CCC1(Cn2c(Cc3ccc(-c4cccc(CCc5ccc(C#N)cc5F)n4)cc3F)nc3ccc(C(=O)O)cc32)CC1. The first-order valence-corrected chi connectivity index (χ1v) is 14.3. The van der Waals surface area contributed by atoms with Gasteiger partial charge in [-0.15, -0.1) is 0 Å². The Morgan fingerprint density at radius 1 is 0.932 bits per heavy atom. The van der Waals surface area contributed by atoms with Crippen molar-refractivity contribution >= 4 is 17.0 Å². The maximum Gasteiger partial charge on any atom is 0.335 e. The van der Waals surface area contributed by atoms with Crippen molar-refractivity contribution in [2.75, 3.05) is 0 Å². The third-order valence-electron chi connectivity index (χ3n) is 8.32. The fourth-order valence-corrected chi connectivity index (χ4v) is 5.57. The molecule has 0 bridgehead atoms. The molecule has 1 aliphatic carbocycles. The van der Waals surface area contributed by atoms with Gasteiger partial charge in [0.1, 0.15) is 17.5 Å². The van der Waals surface area contributed by atoms with Crippen LogP contribution in [0.5, 0.6) is 0 Å². The molecular formula is C35H27F2N5O2. The average Bonchev–Trinajstić information content (AvgIpc) is 3.70. The summed E-state index contributed by atoms with van der Waals surface area (Å²) < 4.78 is 31.8. The van der Waals surface area contributed by atoms with Crippen LogP contribution >= 0.6 is 0 Å². The quantitative estimate of drug-likeness (QED) is 0.188. The summed E-state index contributed by atoms with van der Waals surface area (Å²) in [7, 11) is 0. The zero-order chi connectivity index (χ0) is 30.8. The number of rotatable bonds is 10. The van der Waals surface area contributed by atoms with Crippen LogP contribution in [0, 0.1) is 39.7 Å². The summed E-state index contributed by atoms with van der Waals surface area (Å²) in [5.74, 6) is -1.28. The molecule has 0 unspecified atom stereocenters. The molecule has 1 saturated carbocycles. The number of nitriles is 2. The summed E-state index contributed by atoms with van der Waals surface area (Å²) in [5, 5.41) is 27.8. The number of imidazole rings is 1. The number of benzene rings is 3. The number of carboxylic acid groups (broad SMARTS) is 1. The Hall–Kier alpha value is -5.41. The molecule has 3 aromatic carbocycles. The van der Waals surface area contributed by atoms with Crippen molar-refractivity contribution < 1.29 is 18.7 Å². The van der Waals surface area contributed by atoms with Crippen LogP contribution in [0.2, 0.25) is 0 Å². The molecule has 0 spiro atoms. The summed E-state index contributed by atoms with van der Waals surface area (Å²) >= 11 is 0. The lowest BCUT2D eigenvalue weighted by Crippen LogP contribution is -2.14. The molecule has 0 aliphatic heterocycles. The fraction of sp³-hybridized carbons (Fsp3) is 0.229. The molecule has 1 N–H and O–H groups in total. The first-order chi connectivity index (χ1) is 21.3. The largest absolute Gasteiger partial charge is 0.478 e. The van der Waals surface area contributed by atoms with Crippen LogP contribution in [0.3, 0.4) is 0 Å². The van der Waals surface area contributed by atoms with Gasteiger partial charge < -0.3 is 9.67 Å². The van der Waals surface area contributed by atoms with Gasteiger partial charge in [0.05, 0.1) is 40.0 Å². The Kier molecular flexibility index (Phi) is 7.63. The van der Waals surface area contributed by atoms with E-state index in [-0.39, 0.29) is 23.0 Å². The molecule has 44 heavy (non-hydrogen) atoms. The summed E-state index contributed by atoms with van der Waals surface area (Å²) in [6.07, 6.45) is 3.26. The molecule has 6 rings (SSSR count). The maximum absolute atomic E-state index is 15.6. The number of carboxylic acids is 1. The predicted molar refractivity (Wildman–Crippen MR) is 160 cm³/mol. The van der Waals surface area contributed by atoms with Gasteiger partial charge in [0, 0.05) is 36.1 Å². The summed E-state index contributed by atoms with van der Waals surface area (Å²) in [6, 6.07) is 23.8. The number of carbonyl (C=O) groups is 1. The van der Waals surface area contributed by atoms with Crippen LogP contribution in [-0.2, 0) is 25.8 Å². The number of hydrogen-bond donors (Lipinski definition) is 1. The Morgan fingerprint density at radius 2 is 1.73 bits per heavy atom. The number of aromatic carboxylic acids is 1. The number of nitrogens with zero attached hydrogens (tertiary/aromatic N) is 5. The standard InChI is InChI=1S/C35H27F2N5O2/c36-28-16-22(20-39)4-5-23(28)8-10-27-2-1-3-30(40-27)25-7-6-24(29(37)17-25)19-33-41-31-11-9-26(34(43)44)18-32(31)42(33)21-35(12-13-35)14-15-38/h1-7,9,11,16-18H,8,10,12-14,19,21H2,(H,43,44). The molecule has 1 aliphatic rings. The van der Waals surface area contributed by atoms with E-state index in [1.807, 2.05) is 22.8 Å². The van der Waals surface area contributed by atoms with Crippen LogP contribution in [0.25, 0.3) is 22.3 Å². The molecule has 0 radical (unpaired) electrons. The van der Waals surface area contributed by atoms with E-state index in [0.717, 1.165) is 18.5 Å². The van der Waals surface area contributed by atoms with Crippen LogP contribution in [0.15, 0.2) is 72.8 Å². The van der Waals surface area contributed by atoms with Crippen molar-refractivity contribution in [2.45, 2.75) is 45.1 Å². The Labute approximate surface area is 252 Å². The minimum atomic E-state index is -1.04. The minimum absolute atomic E-state index is 0.141. The van der Waals surface area contributed by atoms with Gasteiger partial charge in [0.2, 0.25) is 0 Å². The fourth-order valence-electron chi connectivity index (χ4n) is 5.57. The summed E-state index contributed by atoms with van der Waals surface area (Å²) in [6.45, 7) is 0.512. The Morgan fingerprint density at radius 3 is 2.43 bits per heavy atom. The van der Waals surface area contributed by atoms with E-state index < -0.39 is 17.6 Å². The van der Waals surface area contributed by atoms with Gasteiger partial charge in [-0.25, -0.2) is 18.6 Å². The molecule has 1 fully saturated rings. The number of fused-ring (bicyclic) bond motifs is 1. The molecule has 5 aromatic rings. The van der Waals surface area contributed by atoms with Crippen molar-refractivity contribution in [3.05, 3.63) is 118 Å². The second kappa shape index (κ2) is 11.7. The van der Waals surface area contributed by atoms with Gasteiger partial charge in [-0.1, -0.05) is 24.3 Å². The Bertz CT molecular complexity index is 2000. The van der Waals surface area contributed by atoms with Crippen LogP contribution < -0.4 is 0 Å². The molecule has 0 saturated heterocycles. The predicted octanol–water partition coefficient (Wildman–Crippen LogP) is 7.02. The van der Waals surface area contributed by atoms with Gasteiger partial charge in [-0.05, 0) is 85.3 Å². The lowest BCUT2D eigenvalue weighted by molar-refractivity contribution is 0.0697. The highest BCUT2D eigenvalue weighted by molar-refractivity contribution is 5.92. The molecular weight excluding hydrogens is 560 g/mol. The van der Waals surface area contributed by atoms with Gasteiger partial charge >= 0.3 is 5.97 Å². The van der Waals surface area contributed by atoms with E-state index in [0.29, 0.717) is 65.0 Å². The minimum Gasteiger partial charge on any atom is -0.478 e. The normalized spacial score (nSPS) is 13.4. The smallest absolute Gasteiger partial charge is 0.335 e. The van der Waals surface area contributed by atoms with Crippen molar-refractivity contribution in [3.63, 3.8) is 0 Å². The molecule has 7 nitrogen and oxygen atoms in total. The topological polar surface area (TPSA) is 116 Å². The van der Waals surface area contributed by atoms with Crippen molar-refractivity contribution in [2.24, 2.45) is 5.41 Å². The van der Waals surface area contributed by atoms with Crippen LogP contribution in [0.4, 0.5) is 8.78 Å². The van der Waals surface area contributed by atoms with E-state index in [9.17, 15) is 19.6 Å². The zero-order valence-corrected chi connectivity index (χ0v) is 23.7. The first kappa shape index (κ1) is 28.7. The van der Waals surface area contributed by atoms with Crippen molar-refractivity contribution in [3.8, 4) is 23.4 Å². The number of aryl methyl sites for hydroxylation is 2. The average molecular weight is 588 g/mol. The molecule has 9 heteroatoms. The molecule has 218 valence electrons. The van der Waals surface area contributed by atoms with E-state index in [4.69, 9.17) is 10.2 Å². The first-order valence-electron chi connectivity index (χ1n) is 14.3. The van der Waals surface area contributed by atoms with Gasteiger partial charge in [-0.3, -0.25) is 4.98 Å². The molecule has 0 atom stereocenters. The second-order valence-electron chi connectivity index (χ2n) is 11.4. The highest BCUT2D eigenvalue weighted by Crippen LogP contribution is 2.50. The number of hydrogen-bond acceptors (Lipinski definition) is 5. The summed E-state index contributed by atoms with van der Waals surface area (Å²) in [5.41, 5.74) is 4.36. The van der Waals surface area contributed by atoms with Crippen LogP contribution in [-0.4, -0.2) is 25.6 Å². The van der Waals surface area contributed by atoms with Gasteiger partial charge in [0.25, 0.3) is 0 Å². The highest BCUT2D eigenvalue weighted by atomic mass is 19.1. The lowest BCUT2D eigenvalue weighted by Gasteiger charge is -2.16. The van der Waals surface area contributed by atoms with Gasteiger partial charge in [0.15, 0.2) is 0 Å². The van der Waals surface area contributed by atoms with E-state index in [1.165, 1.54) is 18.2 Å². The Balaban J connectivity index is 1.25. The second-order valence-corrected chi connectivity index (χ2v) is 11.4. The zero-order valence-electron chi connectivity index (χ0n) is 23.7. The van der Waals surface area contributed by atoms with E-state index in [1.54, 1.807) is 42.5 Å². The number of aromatic nitrogens is 3. The summed E-state index contributed by atoms with van der Waals surface area (Å²) in [4.78, 5) is 21.1. The highest BCUT2D eigenvalue weighted by Gasteiger charge is 2.43. The molecule has 2 aromatic heterocycles. The van der Waals surface area contributed by atoms with Crippen molar-refractivity contribution in [1.82, 2.24) is 14.5 Å². The monoisotopic (exact) mass is 587 g/mol. The third kappa shape index (κ3) is 5.91. The van der Waals surface area contributed by atoms with Crippen molar-refractivity contribution in [1.29, 1.82) is 10.5 Å². The number of halogens is 2. The molecule has 0 amide bonds. The van der Waals surface area contributed by atoms with E-state index in [2.05, 4.69) is 11.1 Å². The lowest BCUT2D eigenvalue weighted by atomic mass is 10.0. The third-order valence-corrected chi connectivity index (χ3v) is 8.32. The van der Waals surface area contributed by atoms with Crippen LogP contribution in [0.1, 0.15) is 57.8 Å². The maximum atomic E-state index is 15.6. The molecule has 2 heterocycles. The van der Waals surface area contributed by atoms with E-state index >= 15 is 4.39 Å². The van der Waals surface area contributed by atoms with Gasteiger partial charge in [-0.2, -0.15) is 10.5 Å². The number of pyridine rings is 1.